The minimum absolute atomic E-state index is 0.270. The Bertz CT molecular complexity index is 2450. The van der Waals surface area contributed by atoms with Crippen LogP contribution in [0.15, 0.2) is 0 Å². The predicted molar refractivity (Wildman–Crippen MR) is 468 cm³/mol. The highest BCUT2D eigenvalue weighted by Crippen LogP contribution is 2.60. The van der Waals surface area contributed by atoms with Crippen molar-refractivity contribution in [2.24, 2.45) is 71.0 Å². The molecule has 660 valence electrons. The highest BCUT2D eigenvalue weighted by molar-refractivity contribution is 6.12. The van der Waals surface area contributed by atoms with E-state index in [0.717, 1.165) is 154 Å². The number of carbonyl (C=O) groups excluding carboxylic acids is 6. The molecule has 114 heavy (non-hydrogen) atoms. The summed E-state index contributed by atoms with van der Waals surface area (Å²) < 4.78 is 22.4. The third-order valence-electron chi connectivity index (χ3n) is 30.9. The fourth-order valence-electron chi connectivity index (χ4n) is 23.1. The molecular weight excluding hydrogens is 1420 g/mol. The first-order chi connectivity index (χ1) is 55.6. The third-order valence-corrected chi connectivity index (χ3v) is 30.9. The molecule has 6 atom stereocenters. The smallest absolute Gasteiger partial charge is 0.310 e. The van der Waals surface area contributed by atoms with E-state index < -0.39 is 106 Å². The topological polar surface area (TPSA) is 191 Å². The molecular formula is C102H180O12. The van der Waals surface area contributed by atoms with E-state index in [2.05, 4.69) is 41.5 Å². The van der Waals surface area contributed by atoms with Crippen molar-refractivity contribution in [2.75, 3.05) is 0 Å². The fourth-order valence-corrected chi connectivity index (χ4v) is 23.1. The summed E-state index contributed by atoms with van der Waals surface area (Å²) in [6.07, 6.45) is 60.9. The molecule has 0 heterocycles. The molecule has 7 saturated carbocycles. The van der Waals surface area contributed by atoms with Crippen molar-refractivity contribution in [1.29, 1.82) is 0 Å². The van der Waals surface area contributed by atoms with E-state index in [0.29, 0.717) is 120 Å². The van der Waals surface area contributed by atoms with Gasteiger partial charge < -0.3 is 29.5 Å². The molecule has 12 heteroatoms. The van der Waals surface area contributed by atoms with Gasteiger partial charge in [0.15, 0.2) is 17.3 Å². The number of carbonyl (C=O) groups is 6. The number of ether oxygens (including phenoxy) is 3. The zero-order valence-corrected chi connectivity index (χ0v) is 75.1. The van der Waals surface area contributed by atoms with Gasteiger partial charge in [-0.15, -0.1) is 0 Å². The van der Waals surface area contributed by atoms with Crippen LogP contribution < -0.4 is 0 Å². The lowest BCUT2D eigenvalue weighted by molar-refractivity contribution is -0.329. The molecule has 12 nitrogen and oxygen atoms in total. The Morgan fingerprint density at radius 3 is 0.588 bits per heavy atom. The zero-order chi connectivity index (χ0) is 81.7. The second-order valence-corrected chi connectivity index (χ2v) is 39.7. The normalized spacial score (nSPS) is 30.9. The monoisotopic (exact) mass is 1600 g/mol. The number of Topliss-reactive ketones (excluding diaryl/α,β-unsaturated/α-hetero) is 3. The molecule has 0 bridgehead atoms. The molecule has 3 N–H and O–H groups in total. The molecule has 0 spiro atoms. The first-order valence-electron chi connectivity index (χ1n) is 50.9. The summed E-state index contributed by atoms with van der Waals surface area (Å²) in [6.45, 7) is 13.5. The molecule has 7 aliphatic rings. The lowest BCUT2D eigenvalue weighted by Crippen LogP contribution is -2.92. The van der Waals surface area contributed by atoms with Gasteiger partial charge in [0.05, 0.1) is 17.8 Å². The SMILES string of the molecule is CCCCCCCCC[C@H]1CC[C@H](C(=O)O[C@@]2(C(=O)[C@H]3CC[C@H](CCCCCCCCC)CC3)[C@@](OC(=O)[C@H]3CC[C@H](CCCCCCCCC)CC3)(C(=O)[C@H]3CC[C@H](CCCCCCCCC)CC3)[C@@H](O)[C@H](O)[C@@H](O)[C@@]2(OC(=O)[C@H]2CC[C@H](CCCCCCCCC)CC2)C(=O)[C@H]2CC[C@H](CCCCCCCCC)CC2)CC1. The average Bonchev–Trinajstić information content (AvgIpc) is 0.658. The largest absolute Gasteiger partial charge is 0.443 e. The molecule has 0 aromatic heterocycles. The van der Waals surface area contributed by atoms with Crippen molar-refractivity contribution in [3.8, 4) is 0 Å². The number of ketones is 3. The van der Waals surface area contributed by atoms with Crippen LogP contribution in [-0.4, -0.2) is 85.7 Å². The van der Waals surface area contributed by atoms with Gasteiger partial charge in [-0.25, -0.2) is 0 Å². The second-order valence-electron chi connectivity index (χ2n) is 39.7. The van der Waals surface area contributed by atoms with Crippen LogP contribution >= 0.6 is 0 Å². The van der Waals surface area contributed by atoms with Crippen molar-refractivity contribution in [1.82, 2.24) is 0 Å². The van der Waals surface area contributed by atoms with Crippen LogP contribution in [0.1, 0.15) is 504 Å². The Morgan fingerprint density at radius 1 is 0.219 bits per heavy atom. The highest BCUT2D eigenvalue weighted by atomic mass is 16.7. The summed E-state index contributed by atoms with van der Waals surface area (Å²) in [4.78, 5) is 104. The molecule has 0 amide bonds. The van der Waals surface area contributed by atoms with Crippen molar-refractivity contribution < 1.29 is 58.3 Å². The fraction of sp³-hybridized carbons (Fsp3) is 0.941. The average molecular weight is 1600 g/mol. The molecule has 0 aromatic carbocycles. The van der Waals surface area contributed by atoms with Crippen LogP contribution in [0.5, 0.6) is 0 Å². The van der Waals surface area contributed by atoms with Gasteiger partial charge in [0.1, 0.15) is 18.3 Å². The van der Waals surface area contributed by atoms with Crippen LogP contribution in [0.4, 0.5) is 0 Å². The minimum Gasteiger partial charge on any atom is -0.443 e. The third kappa shape index (κ3) is 30.1. The maximum atomic E-state index is 18.4. The van der Waals surface area contributed by atoms with E-state index in [1.54, 1.807) is 0 Å². The molecule has 0 saturated heterocycles. The summed E-state index contributed by atoms with van der Waals surface area (Å²) in [5.41, 5.74) is -10.1. The standard InChI is InChI=1S/C102H180O12/c1-7-13-19-25-31-37-43-49-79-55-67-85(68-56-79)92(104)100(112-97(109)88-73-61-82(62-74-88)52-46-40-34-28-22-16-10-4)95(107)91(103)96(108)101(93(105)86-69-57-80(58-70-86)50-44-38-32-26-20-14-8-2,113-98(110)89-75-63-83(64-76-89)53-47-41-35-29-23-17-11-5)102(100,94(106)87-71-59-81(60-72-87)51-45-39-33-27-21-15-9-3)114-99(111)90-77-65-84(66-78-90)54-48-42-36-30-24-18-12-6/h79-91,95-96,103,107-108H,7-78H2,1-6H3/t79-,80-,81-,82-,83-,84-,85-,86-,87-,88-,89-,90-,91-,95-,96+,100+,101-,102-. The van der Waals surface area contributed by atoms with E-state index in [4.69, 9.17) is 14.2 Å². The van der Waals surface area contributed by atoms with E-state index in [1.807, 2.05) is 0 Å². The first-order valence-corrected chi connectivity index (χ1v) is 50.9. The highest BCUT2D eigenvalue weighted by Gasteiger charge is 2.89. The molecule has 0 aliphatic heterocycles. The predicted octanol–water partition coefficient (Wildman–Crippen LogP) is 27.3. The van der Waals surface area contributed by atoms with Gasteiger partial charge in [-0.1, -0.05) is 350 Å². The van der Waals surface area contributed by atoms with E-state index >= 15 is 28.8 Å². The van der Waals surface area contributed by atoms with E-state index in [-0.39, 0.29) is 30.6 Å². The van der Waals surface area contributed by atoms with Crippen LogP contribution in [-0.2, 0) is 43.0 Å². The van der Waals surface area contributed by atoms with Gasteiger partial charge in [0.2, 0.25) is 11.2 Å². The van der Waals surface area contributed by atoms with Crippen LogP contribution in [0.2, 0.25) is 0 Å². The quantitative estimate of drug-likeness (QED) is 0.0297. The van der Waals surface area contributed by atoms with Gasteiger partial charge in [0.25, 0.3) is 5.60 Å². The van der Waals surface area contributed by atoms with Gasteiger partial charge >= 0.3 is 17.9 Å². The number of hydrogen-bond acceptors (Lipinski definition) is 12. The number of rotatable bonds is 60. The van der Waals surface area contributed by atoms with Crippen LogP contribution in [0.25, 0.3) is 0 Å². The van der Waals surface area contributed by atoms with Crippen molar-refractivity contribution >= 4 is 35.3 Å². The summed E-state index contributed by atoms with van der Waals surface area (Å²) in [5.74, 6) is -8.68. The van der Waals surface area contributed by atoms with Gasteiger partial charge in [-0.05, 0) is 190 Å². The van der Waals surface area contributed by atoms with Crippen molar-refractivity contribution in [3.05, 3.63) is 0 Å². The number of unbranched alkanes of at least 4 members (excludes halogenated alkanes) is 36. The lowest BCUT2D eigenvalue weighted by atomic mass is 9.49. The zero-order valence-electron chi connectivity index (χ0n) is 75.1. The van der Waals surface area contributed by atoms with Crippen molar-refractivity contribution in [3.63, 3.8) is 0 Å². The molecule has 7 aliphatic carbocycles. The van der Waals surface area contributed by atoms with Gasteiger partial charge in [0, 0.05) is 17.8 Å². The second kappa shape index (κ2) is 56.1. The summed E-state index contributed by atoms with van der Waals surface area (Å²) in [6, 6.07) is 0. The Labute approximate surface area is 699 Å². The molecule has 0 unspecified atom stereocenters. The maximum absolute atomic E-state index is 18.4. The van der Waals surface area contributed by atoms with Gasteiger partial charge in [-0.3, -0.25) is 28.8 Å². The molecule has 7 fully saturated rings. The Kier molecular flexibility index (Phi) is 48.4. The Balaban J connectivity index is 1.40. The maximum Gasteiger partial charge on any atom is 0.310 e. The number of hydrogen-bond donors (Lipinski definition) is 3. The summed E-state index contributed by atoms with van der Waals surface area (Å²) in [5, 5.41) is 42.1. The Hall–Kier alpha value is -2.70. The summed E-state index contributed by atoms with van der Waals surface area (Å²) >= 11 is 0. The Morgan fingerprint density at radius 2 is 0.386 bits per heavy atom. The molecule has 0 radical (unpaired) electrons. The summed E-state index contributed by atoms with van der Waals surface area (Å²) in [7, 11) is 0. The number of esters is 3. The van der Waals surface area contributed by atoms with E-state index in [1.165, 1.54) is 193 Å². The molecule has 0 aromatic rings. The molecule has 7 rings (SSSR count). The number of aliphatic hydroxyl groups is 3. The van der Waals surface area contributed by atoms with Crippen molar-refractivity contribution in [2.45, 2.75) is 539 Å². The minimum atomic E-state index is -3.45. The lowest BCUT2D eigenvalue weighted by Gasteiger charge is -2.63. The van der Waals surface area contributed by atoms with Gasteiger partial charge in [-0.2, -0.15) is 0 Å². The van der Waals surface area contributed by atoms with E-state index in [9.17, 15) is 15.3 Å². The first kappa shape index (κ1) is 98.4. The van der Waals surface area contributed by atoms with Crippen LogP contribution in [0, 0.1) is 71.0 Å². The number of aliphatic hydroxyl groups excluding tert-OH is 3. The van der Waals surface area contributed by atoms with Crippen LogP contribution in [0.3, 0.4) is 0 Å².